The smallest absolute Gasteiger partial charge is 0.416 e. The van der Waals surface area contributed by atoms with Crippen LogP contribution in [0.2, 0.25) is 0 Å². The predicted molar refractivity (Wildman–Crippen MR) is 81.4 cm³/mol. The number of halogens is 3. The van der Waals surface area contributed by atoms with Crippen LogP contribution in [-0.2, 0) is 11.0 Å². The summed E-state index contributed by atoms with van der Waals surface area (Å²) in [5, 5.41) is 2.53. The van der Waals surface area contributed by atoms with Gasteiger partial charge in [-0.15, -0.1) is 0 Å². The zero-order valence-electron chi connectivity index (χ0n) is 12.5. The van der Waals surface area contributed by atoms with E-state index < -0.39 is 11.7 Å². The first-order valence-corrected chi connectivity index (χ1v) is 7.01. The monoisotopic (exact) mass is 323 g/mol. The summed E-state index contributed by atoms with van der Waals surface area (Å²) in [6.07, 6.45) is -4.28. The van der Waals surface area contributed by atoms with Gasteiger partial charge in [0.2, 0.25) is 5.91 Å². The number of amides is 1. The molecule has 0 saturated carbocycles. The summed E-state index contributed by atoms with van der Waals surface area (Å²) in [6, 6.07) is 11.7. The lowest BCUT2D eigenvalue weighted by atomic mass is 10.2. The first-order valence-electron chi connectivity index (χ1n) is 7.01. The van der Waals surface area contributed by atoms with Crippen LogP contribution in [0.15, 0.2) is 48.5 Å². The maximum Gasteiger partial charge on any atom is 0.416 e. The van der Waals surface area contributed by atoms with E-state index in [0.717, 1.165) is 17.7 Å². The van der Waals surface area contributed by atoms with Crippen LogP contribution < -0.4 is 10.1 Å². The molecule has 0 aliphatic carbocycles. The van der Waals surface area contributed by atoms with Crippen LogP contribution in [0.25, 0.3) is 0 Å². The van der Waals surface area contributed by atoms with Gasteiger partial charge in [0.25, 0.3) is 0 Å². The van der Waals surface area contributed by atoms with E-state index in [-0.39, 0.29) is 18.9 Å². The Morgan fingerprint density at radius 3 is 2.22 bits per heavy atom. The lowest BCUT2D eigenvalue weighted by Crippen LogP contribution is -2.15. The molecule has 2 rings (SSSR count). The van der Waals surface area contributed by atoms with Crippen LogP contribution in [0, 0.1) is 6.92 Å². The molecule has 1 N–H and O–H groups in total. The lowest BCUT2D eigenvalue weighted by Gasteiger charge is -2.09. The standard InChI is InChI=1S/C17H16F3NO2/c1-12-2-8-15(9-3-12)23-11-10-16(22)21-14-6-4-13(5-7-14)17(18,19)20/h2-9H,10-11H2,1H3,(H,21,22). The van der Waals surface area contributed by atoms with Crippen molar-refractivity contribution in [2.75, 3.05) is 11.9 Å². The quantitative estimate of drug-likeness (QED) is 0.884. The second kappa shape index (κ2) is 7.17. The number of benzene rings is 2. The Labute approximate surface area is 132 Å². The third-order valence-corrected chi connectivity index (χ3v) is 3.11. The molecule has 0 aliphatic heterocycles. The van der Waals surface area contributed by atoms with Crippen LogP contribution in [-0.4, -0.2) is 12.5 Å². The third-order valence-electron chi connectivity index (χ3n) is 3.11. The van der Waals surface area contributed by atoms with Crippen LogP contribution in [0.3, 0.4) is 0 Å². The summed E-state index contributed by atoms with van der Waals surface area (Å²) in [5.41, 5.74) is 0.675. The molecule has 0 radical (unpaired) electrons. The Balaban J connectivity index is 1.79. The molecule has 2 aromatic rings. The van der Waals surface area contributed by atoms with Gasteiger partial charge in [-0.05, 0) is 43.3 Å². The molecule has 6 heteroatoms. The van der Waals surface area contributed by atoms with Crippen molar-refractivity contribution in [1.29, 1.82) is 0 Å². The average Bonchev–Trinajstić information content (AvgIpc) is 2.49. The van der Waals surface area contributed by atoms with E-state index in [9.17, 15) is 18.0 Å². The average molecular weight is 323 g/mol. The highest BCUT2D eigenvalue weighted by Crippen LogP contribution is 2.29. The fraction of sp³-hybridized carbons (Fsp3) is 0.235. The number of ether oxygens (including phenoxy) is 1. The Hall–Kier alpha value is -2.50. The lowest BCUT2D eigenvalue weighted by molar-refractivity contribution is -0.137. The van der Waals surface area contributed by atoms with Crippen molar-refractivity contribution in [3.05, 3.63) is 59.7 Å². The largest absolute Gasteiger partial charge is 0.493 e. The molecular weight excluding hydrogens is 307 g/mol. The number of carbonyl (C=O) groups is 1. The molecule has 122 valence electrons. The van der Waals surface area contributed by atoms with Crippen LogP contribution >= 0.6 is 0 Å². The molecular formula is C17H16F3NO2. The van der Waals surface area contributed by atoms with Crippen molar-refractivity contribution in [2.24, 2.45) is 0 Å². The molecule has 1 amide bonds. The second-order valence-corrected chi connectivity index (χ2v) is 5.03. The number of hydrogen-bond acceptors (Lipinski definition) is 2. The van der Waals surface area contributed by atoms with E-state index >= 15 is 0 Å². The number of carbonyl (C=O) groups excluding carboxylic acids is 1. The minimum atomic E-state index is -4.38. The highest BCUT2D eigenvalue weighted by Gasteiger charge is 2.29. The molecule has 0 bridgehead atoms. The molecule has 0 heterocycles. The number of nitrogens with one attached hydrogen (secondary N) is 1. The van der Waals surface area contributed by atoms with Crippen LogP contribution in [0.1, 0.15) is 17.5 Å². The molecule has 0 spiro atoms. The number of anilines is 1. The Morgan fingerprint density at radius 2 is 1.65 bits per heavy atom. The van der Waals surface area contributed by atoms with Gasteiger partial charge >= 0.3 is 6.18 Å². The maximum absolute atomic E-state index is 12.4. The number of alkyl halides is 3. The zero-order chi connectivity index (χ0) is 16.9. The molecule has 0 atom stereocenters. The van der Waals surface area contributed by atoms with Gasteiger partial charge in [0, 0.05) is 5.69 Å². The Morgan fingerprint density at radius 1 is 1.04 bits per heavy atom. The third kappa shape index (κ3) is 5.32. The van der Waals surface area contributed by atoms with E-state index in [4.69, 9.17) is 4.74 Å². The van der Waals surface area contributed by atoms with Gasteiger partial charge in [0.1, 0.15) is 5.75 Å². The molecule has 0 fully saturated rings. The van der Waals surface area contributed by atoms with Crippen molar-refractivity contribution < 1.29 is 22.7 Å². The Bertz CT molecular complexity index is 649. The summed E-state index contributed by atoms with van der Waals surface area (Å²) in [5.74, 6) is 0.342. The number of rotatable bonds is 5. The normalized spacial score (nSPS) is 11.1. The maximum atomic E-state index is 12.4. The molecule has 0 saturated heterocycles. The van der Waals surface area contributed by atoms with E-state index in [1.807, 2.05) is 31.2 Å². The molecule has 0 aliphatic rings. The van der Waals surface area contributed by atoms with Gasteiger partial charge in [-0.1, -0.05) is 17.7 Å². The molecule has 2 aromatic carbocycles. The first kappa shape index (κ1) is 16.9. The summed E-state index contributed by atoms with van der Waals surface area (Å²) in [7, 11) is 0. The summed E-state index contributed by atoms with van der Waals surface area (Å²) in [6.45, 7) is 2.15. The van der Waals surface area contributed by atoms with Crippen molar-refractivity contribution >= 4 is 11.6 Å². The highest BCUT2D eigenvalue weighted by molar-refractivity contribution is 5.90. The zero-order valence-corrected chi connectivity index (χ0v) is 12.5. The van der Waals surface area contributed by atoms with Gasteiger partial charge in [-0.25, -0.2) is 0 Å². The Kier molecular flexibility index (Phi) is 5.26. The van der Waals surface area contributed by atoms with Crippen molar-refractivity contribution in [1.82, 2.24) is 0 Å². The second-order valence-electron chi connectivity index (χ2n) is 5.03. The fourth-order valence-electron chi connectivity index (χ4n) is 1.86. The van der Waals surface area contributed by atoms with Gasteiger partial charge in [-0.3, -0.25) is 4.79 Å². The molecule has 0 aromatic heterocycles. The van der Waals surface area contributed by atoms with Gasteiger partial charge in [0.05, 0.1) is 18.6 Å². The number of aryl methyl sites for hydroxylation is 1. The minimum Gasteiger partial charge on any atom is -0.493 e. The van der Waals surface area contributed by atoms with Crippen LogP contribution in [0.5, 0.6) is 5.75 Å². The van der Waals surface area contributed by atoms with Crippen molar-refractivity contribution in [2.45, 2.75) is 19.5 Å². The topological polar surface area (TPSA) is 38.3 Å². The molecule has 23 heavy (non-hydrogen) atoms. The SMILES string of the molecule is Cc1ccc(OCCC(=O)Nc2ccc(C(F)(F)F)cc2)cc1. The predicted octanol–water partition coefficient (Wildman–Crippen LogP) is 4.42. The van der Waals surface area contributed by atoms with Crippen molar-refractivity contribution in [3.63, 3.8) is 0 Å². The van der Waals surface area contributed by atoms with E-state index in [0.29, 0.717) is 11.4 Å². The van der Waals surface area contributed by atoms with Gasteiger partial charge in [0.15, 0.2) is 0 Å². The first-order chi connectivity index (χ1) is 10.8. The fourth-order valence-corrected chi connectivity index (χ4v) is 1.86. The molecule has 0 unspecified atom stereocenters. The van der Waals surface area contributed by atoms with Crippen LogP contribution in [0.4, 0.5) is 18.9 Å². The van der Waals surface area contributed by atoms with Gasteiger partial charge < -0.3 is 10.1 Å². The van der Waals surface area contributed by atoms with E-state index in [1.165, 1.54) is 12.1 Å². The van der Waals surface area contributed by atoms with Gasteiger partial charge in [-0.2, -0.15) is 13.2 Å². The van der Waals surface area contributed by atoms with E-state index in [2.05, 4.69) is 5.32 Å². The van der Waals surface area contributed by atoms with E-state index in [1.54, 1.807) is 0 Å². The highest BCUT2D eigenvalue weighted by atomic mass is 19.4. The number of hydrogen-bond donors (Lipinski definition) is 1. The minimum absolute atomic E-state index is 0.106. The summed E-state index contributed by atoms with van der Waals surface area (Å²) in [4.78, 5) is 11.7. The van der Waals surface area contributed by atoms with Crippen molar-refractivity contribution in [3.8, 4) is 5.75 Å². The molecule has 3 nitrogen and oxygen atoms in total. The summed E-state index contributed by atoms with van der Waals surface area (Å²) >= 11 is 0. The summed E-state index contributed by atoms with van der Waals surface area (Å²) < 4.78 is 42.7.